The maximum Gasteiger partial charge on any atom is 0.238 e. The minimum atomic E-state index is -0.148. The van der Waals surface area contributed by atoms with Crippen LogP contribution >= 0.6 is 0 Å². The number of likely N-dealkylation sites (N-methyl/N-ethyl adjacent to an activating group) is 1. The highest BCUT2D eigenvalue weighted by Gasteiger charge is 2.14. The Labute approximate surface area is 125 Å². The van der Waals surface area contributed by atoms with E-state index in [1.54, 1.807) is 18.2 Å². The number of anilines is 2. The van der Waals surface area contributed by atoms with Crippen LogP contribution in [0.1, 0.15) is 13.8 Å². The first-order valence-electron chi connectivity index (χ1n) is 6.85. The van der Waals surface area contributed by atoms with Crippen LogP contribution in [-0.4, -0.2) is 37.6 Å². The molecule has 0 radical (unpaired) electrons. The Bertz CT molecular complexity index is 525. The highest BCUT2D eigenvalue weighted by Crippen LogP contribution is 2.26. The van der Waals surface area contributed by atoms with Crippen LogP contribution in [0.4, 0.5) is 11.4 Å². The van der Waals surface area contributed by atoms with Crippen molar-refractivity contribution in [3.05, 3.63) is 18.2 Å². The molecule has 0 heterocycles. The molecule has 1 atom stereocenters. The van der Waals surface area contributed by atoms with Gasteiger partial charge < -0.3 is 15.8 Å². The first kappa shape index (κ1) is 16.8. The van der Waals surface area contributed by atoms with Gasteiger partial charge in [-0.3, -0.25) is 9.69 Å². The normalized spacial score (nSPS) is 11.8. The molecule has 1 unspecified atom stereocenters. The minimum absolute atomic E-state index is 0.108. The lowest BCUT2D eigenvalue weighted by Crippen LogP contribution is -2.35. The van der Waals surface area contributed by atoms with Gasteiger partial charge in [0.25, 0.3) is 0 Å². The maximum absolute atomic E-state index is 12.1. The average molecular weight is 290 g/mol. The highest BCUT2D eigenvalue weighted by atomic mass is 16.5. The van der Waals surface area contributed by atoms with Gasteiger partial charge in [-0.25, -0.2) is 0 Å². The Balaban J connectivity index is 2.66. The molecule has 1 aromatic carbocycles. The van der Waals surface area contributed by atoms with Crippen LogP contribution in [0.5, 0.6) is 5.75 Å². The molecule has 114 valence electrons. The number of nitrogens with two attached hydrogens (primary N) is 1. The summed E-state index contributed by atoms with van der Waals surface area (Å²) in [6, 6.07) is 7.24. The molecule has 0 aliphatic heterocycles. The topological polar surface area (TPSA) is 91.4 Å². The molecule has 0 fully saturated rings. The number of nitrogen functional groups attached to an aromatic ring is 1. The van der Waals surface area contributed by atoms with E-state index in [2.05, 4.69) is 11.4 Å². The number of carbonyl (C=O) groups excluding carboxylic acids is 1. The lowest BCUT2D eigenvalue weighted by molar-refractivity contribution is -0.117. The first-order chi connectivity index (χ1) is 9.99. The van der Waals surface area contributed by atoms with Gasteiger partial charge in [-0.1, -0.05) is 6.92 Å². The summed E-state index contributed by atoms with van der Waals surface area (Å²) in [6.45, 7) is 5.30. The van der Waals surface area contributed by atoms with E-state index < -0.39 is 0 Å². The zero-order valence-corrected chi connectivity index (χ0v) is 12.7. The number of carbonyl (C=O) groups is 1. The second-order valence-electron chi connectivity index (χ2n) is 4.87. The Morgan fingerprint density at radius 1 is 1.57 bits per heavy atom. The van der Waals surface area contributed by atoms with E-state index in [-0.39, 0.29) is 18.4 Å². The number of benzene rings is 1. The second-order valence-corrected chi connectivity index (χ2v) is 4.87. The largest absolute Gasteiger partial charge is 0.494 e. The van der Waals surface area contributed by atoms with Crippen LogP contribution in [0, 0.1) is 17.2 Å². The zero-order chi connectivity index (χ0) is 15.8. The summed E-state index contributed by atoms with van der Waals surface area (Å²) < 4.78 is 5.19. The third kappa shape index (κ3) is 5.32. The summed E-state index contributed by atoms with van der Waals surface area (Å²) in [7, 11) is 1.53. The Morgan fingerprint density at radius 2 is 2.29 bits per heavy atom. The van der Waals surface area contributed by atoms with Crippen LogP contribution in [0.15, 0.2) is 18.2 Å². The number of amides is 1. The molecule has 3 N–H and O–H groups in total. The number of nitrogens with zero attached hydrogens (tertiary/aromatic N) is 2. The summed E-state index contributed by atoms with van der Waals surface area (Å²) in [5, 5.41) is 11.6. The van der Waals surface area contributed by atoms with Crippen molar-refractivity contribution in [3.8, 4) is 11.8 Å². The van der Waals surface area contributed by atoms with Crippen molar-refractivity contribution in [1.29, 1.82) is 5.26 Å². The number of rotatable bonds is 7. The minimum Gasteiger partial charge on any atom is -0.494 e. The molecule has 1 amide bonds. The maximum atomic E-state index is 12.1. The van der Waals surface area contributed by atoms with E-state index in [0.717, 1.165) is 0 Å². The van der Waals surface area contributed by atoms with Crippen molar-refractivity contribution in [2.75, 3.05) is 37.8 Å². The number of hydrogen-bond acceptors (Lipinski definition) is 5. The van der Waals surface area contributed by atoms with Crippen molar-refractivity contribution in [2.24, 2.45) is 5.92 Å². The quantitative estimate of drug-likeness (QED) is 0.746. The third-order valence-corrected chi connectivity index (χ3v) is 3.07. The number of ether oxygens (including phenoxy) is 1. The van der Waals surface area contributed by atoms with Crippen LogP contribution in [0.2, 0.25) is 0 Å². The first-order valence-corrected chi connectivity index (χ1v) is 6.85. The summed E-state index contributed by atoms with van der Waals surface area (Å²) >= 11 is 0. The van der Waals surface area contributed by atoms with E-state index in [9.17, 15) is 4.79 Å². The van der Waals surface area contributed by atoms with Crippen molar-refractivity contribution in [1.82, 2.24) is 4.90 Å². The van der Waals surface area contributed by atoms with E-state index in [1.807, 2.05) is 18.7 Å². The Hall–Kier alpha value is -2.26. The standard InChI is InChI=1S/C15H22N4O2/c1-4-19(9-11(2)8-16)10-15(20)18-13-6-5-12(17)7-14(13)21-3/h5-7,11H,4,9-10,17H2,1-3H3,(H,18,20). The van der Waals surface area contributed by atoms with Gasteiger partial charge in [0.05, 0.1) is 31.3 Å². The molecule has 0 saturated carbocycles. The average Bonchev–Trinajstić information content (AvgIpc) is 2.47. The number of hydrogen-bond donors (Lipinski definition) is 2. The SMILES string of the molecule is CCN(CC(=O)Nc1ccc(N)cc1OC)CC(C)C#N. The monoisotopic (exact) mass is 290 g/mol. The van der Waals surface area contributed by atoms with Crippen LogP contribution in [-0.2, 0) is 4.79 Å². The fourth-order valence-corrected chi connectivity index (χ4v) is 1.94. The van der Waals surface area contributed by atoms with E-state index in [1.165, 1.54) is 7.11 Å². The van der Waals surface area contributed by atoms with Crippen molar-refractivity contribution < 1.29 is 9.53 Å². The van der Waals surface area contributed by atoms with Gasteiger partial charge in [0, 0.05) is 18.3 Å². The van der Waals surface area contributed by atoms with Gasteiger partial charge in [0.15, 0.2) is 0 Å². The predicted molar refractivity (Wildman–Crippen MR) is 82.9 cm³/mol. The van der Waals surface area contributed by atoms with Crippen LogP contribution in [0.25, 0.3) is 0 Å². The number of nitrogens with one attached hydrogen (secondary N) is 1. The van der Waals surface area contributed by atoms with E-state index >= 15 is 0 Å². The van der Waals surface area contributed by atoms with Gasteiger partial charge in [-0.05, 0) is 25.6 Å². The van der Waals surface area contributed by atoms with Gasteiger partial charge >= 0.3 is 0 Å². The zero-order valence-electron chi connectivity index (χ0n) is 12.7. The highest BCUT2D eigenvalue weighted by molar-refractivity contribution is 5.94. The Kier molecular flexibility index (Phi) is 6.50. The van der Waals surface area contributed by atoms with Crippen LogP contribution in [0.3, 0.4) is 0 Å². The molecule has 6 heteroatoms. The molecular weight excluding hydrogens is 268 g/mol. The van der Waals surface area contributed by atoms with Gasteiger partial charge in [0.1, 0.15) is 5.75 Å². The fraction of sp³-hybridized carbons (Fsp3) is 0.467. The van der Waals surface area contributed by atoms with E-state index in [0.29, 0.717) is 30.2 Å². The molecule has 21 heavy (non-hydrogen) atoms. The van der Waals surface area contributed by atoms with Crippen molar-refractivity contribution in [2.45, 2.75) is 13.8 Å². The van der Waals surface area contributed by atoms with E-state index in [4.69, 9.17) is 15.7 Å². The number of methoxy groups -OCH3 is 1. The smallest absolute Gasteiger partial charge is 0.238 e. The van der Waals surface area contributed by atoms with Crippen molar-refractivity contribution >= 4 is 17.3 Å². The molecule has 0 aliphatic rings. The molecule has 1 aromatic rings. The van der Waals surface area contributed by atoms with Crippen LogP contribution < -0.4 is 15.8 Å². The predicted octanol–water partition coefficient (Wildman–Crippen LogP) is 1.70. The molecule has 0 bridgehead atoms. The summed E-state index contributed by atoms with van der Waals surface area (Å²) in [5.41, 5.74) is 6.83. The lowest BCUT2D eigenvalue weighted by Gasteiger charge is -2.21. The lowest BCUT2D eigenvalue weighted by atomic mass is 10.2. The molecular formula is C15H22N4O2. The second kappa shape index (κ2) is 8.12. The third-order valence-electron chi connectivity index (χ3n) is 3.07. The molecule has 0 aliphatic carbocycles. The van der Waals surface area contributed by atoms with Gasteiger partial charge in [0.2, 0.25) is 5.91 Å². The molecule has 0 aromatic heterocycles. The summed E-state index contributed by atoms with van der Waals surface area (Å²) in [5.74, 6) is 0.269. The molecule has 6 nitrogen and oxygen atoms in total. The van der Waals surface area contributed by atoms with Gasteiger partial charge in [-0.15, -0.1) is 0 Å². The molecule has 1 rings (SSSR count). The summed E-state index contributed by atoms with van der Waals surface area (Å²) in [4.78, 5) is 14.0. The number of nitriles is 1. The molecule has 0 spiro atoms. The fourth-order valence-electron chi connectivity index (χ4n) is 1.94. The summed E-state index contributed by atoms with van der Waals surface area (Å²) in [6.07, 6.45) is 0. The van der Waals surface area contributed by atoms with Crippen molar-refractivity contribution in [3.63, 3.8) is 0 Å². The van der Waals surface area contributed by atoms with Gasteiger partial charge in [-0.2, -0.15) is 5.26 Å². The Morgan fingerprint density at radius 3 is 2.86 bits per heavy atom. The molecule has 0 saturated heterocycles.